The van der Waals surface area contributed by atoms with Gasteiger partial charge in [0.25, 0.3) is 0 Å². The van der Waals surface area contributed by atoms with Crippen LogP contribution in [0.15, 0.2) is 0 Å². The minimum Gasteiger partial charge on any atom is -0.462 e. The molecule has 0 saturated heterocycles. The number of hydrogen-bond donors (Lipinski definition) is 3. The number of phosphoric ester groups is 1. The van der Waals surface area contributed by atoms with Gasteiger partial charge in [-0.25, -0.2) is 4.57 Å². The van der Waals surface area contributed by atoms with E-state index in [0.29, 0.717) is 12.8 Å². The second kappa shape index (κ2) is 40.2. The lowest BCUT2D eigenvalue weighted by molar-refractivity contribution is -0.161. The molecule has 0 aromatic heterocycles. The summed E-state index contributed by atoms with van der Waals surface area (Å²) in [6, 6.07) is 0. The number of ether oxygens (including phenoxy) is 2. The molecule has 3 N–H and O–H groups in total. The zero-order valence-electron chi connectivity index (χ0n) is 35.0. The zero-order chi connectivity index (χ0) is 39.8. The molecule has 11 heteroatoms. The number of phosphoric acid groups is 1. The molecule has 0 aromatic carbocycles. The molecule has 0 rings (SSSR count). The van der Waals surface area contributed by atoms with E-state index >= 15 is 0 Å². The molecule has 0 radical (unpaired) electrons. The third-order valence-corrected chi connectivity index (χ3v) is 11.0. The molecular formula is C43H85O10P. The maximum atomic E-state index is 12.6. The van der Waals surface area contributed by atoms with Crippen LogP contribution >= 0.6 is 7.82 Å². The fraction of sp³-hybridized carbons (Fsp3) is 0.953. The van der Waals surface area contributed by atoms with E-state index in [1.807, 2.05) is 0 Å². The van der Waals surface area contributed by atoms with E-state index in [0.717, 1.165) is 38.5 Å². The summed E-state index contributed by atoms with van der Waals surface area (Å²) in [4.78, 5) is 34.8. The highest BCUT2D eigenvalue weighted by Crippen LogP contribution is 2.43. The van der Waals surface area contributed by atoms with Crippen LogP contribution in [0.25, 0.3) is 0 Å². The van der Waals surface area contributed by atoms with Gasteiger partial charge in [-0.2, -0.15) is 0 Å². The molecule has 54 heavy (non-hydrogen) atoms. The van der Waals surface area contributed by atoms with Crippen LogP contribution in [0.3, 0.4) is 0 Å². The van der Waals surface area contributed by atoms with E-state index in [1.165, 1.54) is 148 Å². The molecule has 0 fully saturated rings. The summed E-state index contributed by atoms with van der Waals surface area (Å²) in [6.45, 7) is 2.38. The first-order chi connectivity index (χ1) is 26.2. The fourth-order valence-corrected chi connectivity index (χ4v) is 7.31. The first kappa shape index (κ1) is 53.0. The highest BCUT2D eigenvalue weighted by Gasteiger charge is 2.27. The van der Waals surface area contributed by atoms with Crippen molar-refractivity contribution in [2.75, 3.05) is 26.4 Å². The van der Waals surface area contributed by atoms with Crippen molar-refractivity contribution in [2.24, 2.45) is 0 Å². The Morgan fingerprint density at radius 2 is 0.796 bits per heavy atom. The van der Waals surface area contributed by atoms with Gasteiger partial charge in [0.15, 0.2) is 6.10 Å². The summed E-state index contributed by atoms with van der Waals surface area (Å²) in [5, 5.41) is 18.3. The summed E-state index contributed by atoms with van der Waals surface area (Å²) in [5.74, 6) is -0.915. The van der Waals surface area contributed by atoms with Gasteiger partial charge in [-0.05, 0) is 12.8 Å². The predicted molar refractivity (Wildman–Crippen MR) is 219 cm³/mol. The predicted octanol–water partition coefficient (Wildman–Crippen LogP) is 11.8. The quantitative estimate of drug-likeness (QED) is 0.0309. The summed E-state index contributed by atoms with van der Waals surface area (Å²) < 4.78 is 32.6. The number of aliphatic hydroxyl groups excluding tert-OH is 2. The Morgan fingerprint density at radius 3 is 1.15 bits per heavy atom. The third kappa shape index (κ3) is 39.2. The Morgan fingerprint density at radius 1 is 0.481 bits per heavy atom. The first-order valence-corrected chi connectivity index (χ1v) is 24.0. The van der Waals surface area contributed by atoms with Crippen LogP contribution in [-0.2, 0) is 32.7 Å². The standard InChI is InChI=1S/C43H85O10P/c1-3-5-7-9-11-13-14-15-16-17-18-19-20-21-22-23-24-25-26-27-29-31-33-35-43(47)53-41(39-52-54(48,49)51-37-40(45)36-44)38-50-42(46)34-32-30-28-12-10-8-6-4-2/h40-41,44-45H,3-39H2,1-2H3,(H,48,49)/t40-,41+/m0/s1. The molecule has 0 amide bonds. The van der Waals surface area contributed by atoms with Crippen molar-refractivity contribution in [3.63, 3.8) is 0 Å². The number of hydrogen-bond acceptors (Lipinski definition) is 9. The van der Waals surface area contributed by atoms with Gasteiger partial charge in [0.1, 0.15) is 12.7 Å². The molecule has 3 atom stereocenters. The Hall–Kier alpha value is -1.03. The van der Waals surface area contributed by atoms with Crippen molar-refractivity contribution in [1.29, 1.82) is 0 Å². The van der Waals surface area contributed by atoms with E-state index in [1.54, 1.807) is 0 Å². The summed E-state index contributed by atoms with van der Waals surface area (Å²) in [6.07, 6.45) is 36.7. The van der Waals surface area contributed by atoms with Crippen LogP contribution in [0.4, 0.5) is 0 Å². The van der Waals surface area contributed by atoms with E-state index in [2.05, 4.69) is 18.4 Å². The highest BCUT2D eigenvalue weighted by molar-refractivity contribution is 7.47. The number of esters is 2. The van der Waals surface area contributed by atoms with Crippen LogP contribution in [0.5, 0.6) is 0 Å². The van der Waals surface area contributed by atoms with Crippen molar-refractivity contribution in [3.05, 3.63) is 0 Å². The molecule has 0 aliphatic rings. The van der Waals surface area contributed by atoms with Gasteiger partial charge in [0.05, 0.1) is 19.8 Å². The largest absolute Gasteiger partial charge is 0.472 e. The highest BCUT2D eigenvalue weighted by atomic mass is 31.2. The maximum absolute atomic E-state index is 12.6. The van der Waals surface area contributed by atoms with E-state index in [4.69, 9.17) is 19.1 Å². The van der Waals surface area contributed by atoms with Gasteiger partial charge in [-0.3, -0.25) is 18.6 Å². The zero-order valence-corrected chi connectivity index (χ0v) is 35.9. The van der Waals surface area contributed by atoms with Crippen molar-refractivity contribution in [2.45, 2.75) is 238 Å². The lowest BCUT2D eigenvalue weighted by Crippen LogP contribution is -2.29. The second-order valence-electron chi connectivity index (χ2n) is 15.4. The Kier molecular flexibility index (Phi) is 39.4. The Labute approximate surface area is 331 Å². The van der Waals surface area contributed by atoms with Crippen LogP contribution in [-0.4, -0.2) is 65.7 Å². The SMILES string of the molecule is CCCCCCCCCCCCCCCCCCCCCCCCCC(=O)O[C@H](COC(=O)CCCCCCCCCC)COP(=O)(O)OC[C@@H](O)CO. The van der Waals surface area contributed by atoms with E-state index in [-0.39, 0.29) is 19.4 Å². The molecule has 0 aliphatic heterocycles. The molecular weight excluding hydrogens is 707 g/mol. The third-order valence-electron chi connectivity index (χ3n) is 10.0. The molecule has 0 spiro atoms. The van der Waals surface area contributed by atoms with E-state index < -0.39 is 51.8 Å². The maximum Gasteiger partial charge on any atom is 0.472 e. The van der Waals surface area contributed by atoms with Crippen LogP contribution in [0.2, 0.25) is 0 Å². The number of unbranched alkanes of at least 4 members (excludes halogenated alkanes) is 29. The summed E-state index contributed by atoms with van der Waals surface area (Å²) in [5.41, 5.74) is 0. The summed E-state index contributed by atoms with van der Waals surface area (Å²) >= 11 is 0. The number of carbonyl (C=O) groups is 2. The topological polar surface area (TPSA) is 149 Å². The fourth-order valence-electron chi connectivity index (χ4n) is 6.52. The van der Waals surface area contributed by atoms with Crippen molar-refractivity contribution in [1.82, 2.24) is 0 Å². The lowest BCUT2D eigenvalue weighted by atomic mass is 10.0. The molecule has 0 aliphatic carbocycles. The smallest absolute Gasteiger partial charge is 0.462 e. The lowest BCUT2D eigenvalue weighted by Gasteiger charge is -2.20. The first-order valence-electron chi connectivity index (χ1n) is 22.5. The van der Waals surface area contributed by atoms with Gasteiger partial charge in [-0.1, -0.05) is 200 Å². The van der Waals surface area contributed by atoms with Gasteiger partial charge in [0.2, 0.25) is 0 Å². The number of carbonyl (C=O) groups excluding carboxylic acids is 2. The van der Waals surface area contributed by atoms with Gasteiger partial charge in [0, 0.05) is 12.8 Å². The molecule has 1 unspecified atom stereocenters. The molecule has 0 saturated carbocycles. The van der Waals surface area contributed by atoms with Gasteiger partial charge in [-0.15, -0.1) is 0 Å². The molecule has 10 nitrogen and oxygen atoms in total. The van der Waals surface area contributed by atoms with Gasteiger partial charge < -0.3 is 24.6 Å². The minimum absolute atomic E-state index is 0.192. The molecule has 0 aromatic rings. The van der Waals surface area contributed by atoms with Crippen molar-refractivity contribution in [3.8, 4) is 0 Å². The van der Waals surface area contributed by atoms with Gasteiger partial charge >= 0.3 is 19.8 Å². The van der Waals surface area contributed by atoms with Crippen LogP contribution < -0.4 is 0 Å². The normalized spacial score (nSPS) is 13.8. The molecule has 322 valence electrons. The number of rotatable bonds is 43. The summed E-state index contributed by atoms with van der Waals surface area (Å²) in [7, 11) is -4.60. The molecule has 0 heterocycles. The average molecular weight is 793 g/mol. The monoisotopic (exact) mass is 793 g/mol. The second-order valence-corrected chi connectivity index (χ2v) is 16.9. The van der Waals surface area contributed by atoms with E-state index in [9.17, 15) is 24.2 Å². The molecule has 0 bridgehead atoms. The minimum atomic E-state index is -4.60. The Balaban J connectivity index is 4.05. The van der Waals surface area contributed by atoms with Crippen molar-refractivity contribution >= 4 is 19.8 Å². The average Bonchev–Trinajstić information content (AvgIpc) is 3.16. The number of aliphatic hydroxyl groups is 2. The van der Waals surface area contributed by atoms with Crippen LogP contribution in [0.1, 0.15) is 226 Å². The van der Waals surface area contributed by atoms with Crippen molar-refractivity contribution < 1.29 is 47.8 Å². The Bertz CT molecular complexity index is 873. The van der Waals surface area contributed by atoms with Crippen LogP contribution in [0, 0.1) is 0 Å².